The lowest BCUT2D eigenvalue weighted by atomic mass is 10.5. The summed E-state index contributed by atoms with van der Waals surface area (Å²) in [7, 11) is 1.88. The number of hydrazine groups is 1. The van der Waals surface area contributed by atoms with E-state index in [-0.39, 0.29) is 0 Å². The number of nitrogens with two attached hydrogens (primary N) is 1. The number of hydrogen-bond acceptors (Lipinski definition) is 6. The molecule has 2 aromatic rings. The Morgan fingerprint density at radius 2 is 2.21 bits per heavy atom. The van der Waals surface area contributed by atoms with Crippen molar-refractivity contribution in [3.63, 3.8) is 0 Å². The van der Waals surface area contributed by atoms with Crippen LogP contribution in [0.3, 0.4) is 0 Å². The Balaban J connectivity index is 2.94. The maximum Gasteiger partial charge on any atom is 0.163 e. The van der Waals surface area contributed by atoms with Gasteiger partial charge in [0.2, 0.25) is 0 Å². The third kappa shape index (κ3) is 1.29. The van der Waals surface area contributed by atoms with Crippen LogP contribution in [-0.4, -0.2) is 14.5 Å². The number of nitrogen functional groups attached to an aromatic ring is 1. The molecule has 0 saturated carbocycles. The van der Waals surface area contributed by atoms with Crippen molar-refractivity contribution in [1.82, 2.24) is 14.5 Å². The summed E-state index contributed by atoms with van der Waals surface area (Å²) in [5, 5.41) is 0. The molecule has 2 aromatic heterocycles. The van der Waals surface area contributed by atoms with Crippen molar-refractivity contribution in [3.8, 4) is 0 Å². The summed E-state index contributed by atoms with van der Waals surface area (Å²) in [6.07, 6.45) is 0. The van der Waals surface area contributed by atoms with Gasteiger partial charge in [0, 0.05) is 7.05 Å². The van der Waals surface area contributed by atoms with Gasteiger partial charge in [-0.3, -0.25) is 0 Å². The van der Waals surface area contributed by atoms with Gasteiger partial charge in [-0.1, -0.05) is 11.3 Å². The minimum atomic E-state index is 0.629. The van der Waals surface area contributed by atoms with Crippen LogP contribution in [0, 0.1) is 10.9 Å². The zero-order valence-corrected chi connectivity index (χ0v) is 9.37. The summed E-state index contributed by atoms with van der Waals surface area (Å²) in [6.45, 7) is 1.82. The summed E-state index contributed by atoms with van der Waals surface area (Å²) < 4.78 is 3.51. The highest BCUT2D eigenvalue weighted by atomic mass is 32.1. The molecule has 0 fully saturated rings. The van der Waals surface area contributed by atoms with Gasteiger partial charge in [-0.2, -0.15) is 0 Å². The second-order valence-electron chi connectivity index (χ2n) is 2.84. The second-order valence-corrected chi connectivity index (χ2v) is 4.49. The smallest absolute Gasteiger partial charge is 0.163 e. The third-order valence-electron chi connectivity index (χ3n) is 1.88. The van der Waals surface area contributed by atoms with Crippen LogP contribution in [0.4, 0.5) is 5.82 Å². The lowest BCUT2D eigenvalue weighted by molar-refractivity contribution is 0.925. The Kier molecular flexibility index (Phi) is 2.22. The van der Waals surface area contributed by atoms with Gasteiger partial charge < -0.3 is 9.99 Å². The van der Waals surface area contributed by atoms with E-state index >= 15 is 0 Å². The maximum atomic E-state index is 5.37. The fourth-order valence-corrected chi connectivity index (χ4v) is 2.42. The molecule has 0 atom stereocenters. The standard InChI is InChI=1S/C7H9N5S2/c1-3-9-5(11-8)4-6(10-3)12(2)7(13)14-4/h8H2,1-2H3,(H,9,10,11). The molecule has 7 heteroatoms. The van der Waals surface area contributed by atoms with Crippen LogP contribution < -0.4 is 11.3 Å². The Labute approximate surface area is 89.6 Å². The summed E-state index contributed by atoms with van der Waals surface area (Å²) in [5.41, 5.74) is 3.37. The number of aromatic nitrogens is 3. The van der Waals surface area contributed by atoms with Crippen molar-refractivity contribution in [2.75, 3.05) is 5.43 Å². The number of aryl methyl sites for hydroxylation is 2. The predicted octanol–water partition coefficient (Wildman–Crippen LogP) is 1.35. The molecular weight excluding hydrogens is 218 g/mol. The minimum absolute atomic E-state index is 0.629. The summed E-state index contributed by atoms with van der Waals surface area (Å²) >= 11 is 6.60. The first-order chi connectivity index (χ1) is 6.63. The number of anilines is 1. The fourth-order valence-electron chi connectivity index (χ4n) is 1.21. The number of nitrogens with one attached hydrogen (secondary N) is 1. The van der Waals surface area contributed by atoms with E-state index in [9.17, 15) is 0 Å². The average molecular weight is 227 g/mol. The quantitative estimate of drug-likeness (QED) is 0.437. The molecule has 0 aliphatic heterocycles. The molecule has 0 spiro atoms. The minimum Gasteiger partial charge on any atom is -0.311 e. The molecule has 2 heterocycles. The van der Waals surface area contributed by atoms with Crippen LogP contribution in [0.2, 0.25) is 0 Å². The molecule has 2 rings (SSSR count). The number of nitrogens with zero attached hydrogens (tertiary/aromatic N) is 3. The van der Waals surface area contributed by atoms with Gasteiger partial charge in [-0.25, -0.2) is 15.8 Å². The van der Waals surface area contributed by atoms with Gasteiger partial charge in [0.15, 0.2) is 15.4 Å². The van der Waals surface area contributed by atoms with Crippen LogP contribution in [0.15, 0.2) is 0 Å². The second kappa shape index (κ2) is 3.26. The first-order valence-electron chi connectivity index (χ1n) is 3.94. The molecule has 5 nitrogen and oxygen atoms in total. The molecule has 0 aliphatic carbocycles. The summed E-state index contributed by atoms with van der Waals surface area (Å²) in [4.78, 5) is 8.48. The highest BCUT2D eigenvalue weighted by Gasteiger charge is 2.09. The van der Waals surface area contributed by atoms with Crippen LogP contribution in [-0.2, 0) is 7.05 Å². The van der Waals surface area contributed by atoms with Crippen LogP contribution >= 0.6 is 23.6 Å². The Hall–Kier alpha value is -1.05. The Morgan fingerprint density at radius 1 is 1.50 bits per heavy atom. The van der Waals surface area contributed by atoms with E-state index in [4.69, 9.17) is 18.1 Å². The van der Waals surface area contributed by atoms with Gasteiger partial charge >= 0.3 is 0 Å². The van der Waals surface area contributed by atoms with E-state index in [2.05, 4.69) is 15.4 Å². The molecule has 0 amide bonds. The largest absolute Gasteiger partial charge is 0.311 e. The normalized spacial score (nSPS) is 10.8. The van der Waals surface area contributed by atoms with E-state index in [1.807, 2.05) is 18.5 Å². The van der Waals surface area contributed by atoms with E-state index in [1.54, 1.807) is 0 Å². The van der Waals surface area contributed by atoms with Gasteiger partial charge in [0.05, 0.1) is 0 Å². The number of hydrogen-bond donors (Lipinski definition) is 2. The lowest BCUT2D eigenvalue weighted by Crippen LogP contribution is -2.10. The number of thiazole rings is 1. The van der Waals surface area contributed by atoms with E-state index in [0.717, 1.165) is 14.3 Å². The molecule has 0 saturated heterocycles. The van der Waals surface area contributed by atoms with E-state index in [0.29, 0.717) is 11.6 Å². The first-order valence-corrected chi connectivity index (χ1v) is 5.16. The van der Waals surface area contributed by atoms with Crippen LogP contribution in [0.5, 0.6) is 0 Å². The summed E-state index contributed by atoms with van der Waals surface area (Å²) in [6, 6.07) is 0. The van der Waals surface area contributed by atoms with Gasteiger partial charge in [-0.15, -0.1) is 0 Å². The third-order valence-corrected chi connectivity index (χ3v) is 3.43. The molecule has 74 valence electrons. The van der Waals surface area contributed by atoms with Gasteiger partial charge in [0.1, 0.15) is 10.5 Å². The number of rotatable bonds is 1. The molecule has 0 radical (unpaired) electrons. The van der Waals surface area contributed by atoms with E-state index < -0.39 is 0 Å². The molecular formula is C7H9N5S2. The van der Waals surface area contributed by atoms with Crippen molar-refractivity contribution in [1.29, 1.82) is 0 Å². The summed E-state index contributed by atoms with van der Waals surface area (Å²) in [5.74, 6) is 6.67. The molecule has 3 N–H and O–H groups in total. The molecule has 14 heavy (non-hydrogen) atoms. The van der Waals surface area contributed by atoms with Crippen molar-refractivity contribution >= 4 is 39.7 Å². The first kappa shape index (κ1) is 9.50. The van der Waals surface area contributed by atoms with Crippen LogP contribution in [0.25, 0.3) is 10.3 Å². The zero-order chi connectivity index (χ0) is 10.3. The monoisotopic (exact) mass is 227 g/mol. The highest BCUT2D eigenvalue weighted by Crippen LogP contribution is 2.26. The van der Waals surface area contributed by atoms with Crippen LogP contribution in [0.1, 0.15) is 5.82 Å². The lowest BCUT2D eigenvalue weighted by Gasteiger charge is -2.01. The Morgan fingerprint density at radius 3 is 2.86 bits per heavy atom. The average Bonchev–Trinajstić information content (AvgIpc) is 2.43. The van der Waals surface area contributed by atoms with Crippen molar-refractivity contribution in [2.45, 2.75) is 6.92 Å². The van der Waals surface area contributed by atoms with Gasteiger partial charge in [-0.05, 0) is 19.1 Å². The molecule has 0 unspecified atom stereocenters. The SMILES string of the molecule is Cc1nc(NN)c2sc(=S)n(C)c2n1. The highest BCUT2D eigenvalue weighted by molar-refractivity contribution is 7.73. The van der Waals surface area contributed by atoms with Crippen molar-refractivity contribution < 1.29 is 0 Å². The Bertz CT molecular complexity index is 541. The topological polar surface area (TPSA) is 68.8 Å². The molecule has 0 bridgehead atoms. The predicted molar refractivity (Wildman–Crippen MR) is 59.8 cm³/mol. The molecule has 0 aliphatic rings. The van der Waals surface area contributed by atoms with Crippen molar-refractivity contribution in [2.24, 2.45) is 12.9 Å². The molecule has 0 aromatic carbocycles. The fraction of sp³-hybridized carbons (Fsp3) is 0.286. The van der Waals surface area contributed by atoms with E-state index in [1.165, 1.54) is 11.3 Å². The van der Waals surface area contributed by atoms with Gasteiger partial charge in [0.25, 0.3) is 0 Å². The zero-order valence-electron chi connectivity index (χ0n) is 7.74. The van der Waals surface area contributed by atoms with Crippen molar-refractivity contribution in [3.05, 3.63) is 9.78 Å². The number of fused-ring (bicyclic) bond motifs is 1. The maximum absolute atomic E-state index is 5.37.